The number of carboxylic acid groups (broad SMARTS) is 1. The minimum absolute atomic E-state index is 0.0166. The number of nitrogens with zero attached hydrogens (tertiary/aromatic N) is 4. The van der Waals surface area contributed by atoms with Gasteiger partial charge < -0.3 is 10.4 Å². The average Bonchev–Trinajstić information content (AvgIpc) is 3.03. The first-order valence-corrected chi connectivity index (χ1v) is 8.94. The fourth-order valence-electron chi connectivity index (χ4n) is 2.45. The van der Waals surface area contributed by atoms with E-state index in [0.717, 1.165) is 11.8 Å². The van der Waals surface area contributed by atoms with Gasteiger partial charge in [0.1, 0.15) is 5.84 Å². The highest BCUT2D eigenvalue weighted by molar-refractivity contribution is 6.42. The molecule has 1 aliphatic heterocycles. The molecule has 1 amide bonds. The molecule has 0 saturated carbocycles. The van der Waals surface area contributed by atoms with Gasteiger partial charge in [0.25, 0.3) is 5.91 Å². The molecule has 0 fully saturated rings. The highest BCUT2D eigenvalue weighted by Crippen LogP contribution is 2.29. The van der Waals surface area contributed by atoms with E-state index < -0.39 is 11.9 Å². The summed E-state index contributed by atoms with van der Waals surface area (Å²) in [5.41, 5.74) is 0.999. The van der Waals surface area contributed by atoms with Crippen LogP contribution in [0.3, 0.4) is 0 Å². The Hall–Kier alpha value is -2.97. The van der Waals surface area contributed by atoms with Crippen LogP contribution in [0.5, 0.6) is 0 Å². The molecule has 2 heterocycles. The zero-order chi connectivity index (χ0) is 20.3. The van der Waals surface area contributed by atoms with E-state index in [1.807, 2.05) is 6.92 Å². The molecule has 1 aromatic heterocycles. The third kappa shape index (κ3) is 4.65. The Kier molecular flexibility index (Phi) is 5.91. The lowest BCUT2D eigenvalue weighted by molar-refractivity contribution is -0.131. The SMILES string of the molecule is CC1CN(c2ccc(Cl)c(Cl)c2)N=C1NC(=O)c1cnc(/C=C/C(=O)O)nc1. The van der Waals surface area contributed by atoms with Gasteiger partial charge in [-0.15, -0.1) is 0 Å². The number of halogens is 2. The molecule has 1 unspecified atom stereocenters. The van der Waals surface area contributed by atoms with Gasteiger partial charge >= 0.3 is 5.97 Å². The van der Waals surface area contributed by atoms with Crippen molar-refractivity contribution in [2.24, 2.45) is 11.0 Å². The lowest BCUT2D eigenvalue weighted by Gasteiger charge is -2.14. The fourth-order valence-corrected chi connectivity index (χ4v) is 2.74. The summed E-state index contributed by atoms with van der Waals surface area (Å²) >= 11 is 12.0. The second-order valence-electron chi connectivity index (χ2n) is 6.02. The van der Waals surface area contributed by atoms with Gasteiger partial charge in [-0.2, -0.15) is 5.10 Å². The number of hydrogen-bond acceptors (Lipinski definition) is 6. The Balaban J connectivity index is 1.70. The number of carbonyl (C=O) groups is 2. The van der Waals surface area contributed by atoms with Crippen LogP contribution in [-0.2, 0) is 4.79 Å². The summed E-state index contributed by atoms with van der Waals surface area (Å²) in [6, 6.07) is 5.20. The molecule has 0 spiro atoms. The minimum Gasteiger partial charge on any atom is -0.478 e. The zero-order valence-corrected chi connectivity index (χ0v) is 16.1. The first-order valence-electron chi connectivity index (χ1n) is 8.19. The van der Waals surface area contributed by atoms with E-state index in [2.05, 4.69) is 20.4 Å². The smallest absolute Gasteiger partial charge is 0.328 e. The van der Waals surface area contributed by atoms with Crippen molar-refractivity contribution in [3.8, 4) is 0 Å². The van der Waals surface area contributed by atoms with Crippen molar-refractivity contribution >= 4 is 52.7 Å². The largest absolute Gasteiger partial charge is 0.478 e. The Morgan fingerprint density at radius 2 is 1.96 bits per heavy atom. The van der Waals surface area contributed by atoms with Crippen LogP contribution in [0.2, 0.25) is 10.0 Å². The number of hydrazone groups is 1. The van der Waals surface area contributed by atoms with Gasteiger partial charge in [0.05, 0.1) is 27.8 Å². The number of aliphatic carboxylic acids is 1. The molecule has 0 radical (unpaired) electrons. The maximum absolute atomic E-state index is 12.4. The van der Waals surface area contributed by atoms with Crippen LogP contribution in [0.25, 0.3) is 6.08 Å². The number of rotatable bonds is 4. The molecule has 0 aliphatic carbocycles. The van der Waals surface area contributed by atoms with Gasteiger partial charge in [0.2, 0.25) is 0 Å². The average molecular weight is 420 g/mol. The summed E-state index contributed by atoms with van der Waals surface area (Å²) in [5, 5.41) is 18.4. The highest BCUT2D eigenvalue weighted by Gasteiger charge is 2.26. The van der Waals surface area contributed by atoms with Crippen LogP contribution in [0.4, 0.5) is 5.69 Å². The van der Waals surface area contributed by atoms with Crippen LogP contribution in [0.1, 0.15) is 23.1 Å². The third-order valence-electron chi connectivity index (χ3n) is 3.89. The van der Waals surface area contributed by atoms with Crippen LogP contribution in [0, 0.1) is 5.92 Å². The van der Waals surface area contributed by atoms with Gasteiger partial charge in [0, 0.05) is 24.4 Å². The fraction of sp³-hybridized carbons (Fsp3) is 0.167. The molecule has 1 aromatic carbocycles. The van der Waals surface area contributed by atoms with Gasteiger partial charge in [-0.3, -0.25) is 9.80 Å². The van der Waals surface area contributed by atoms with Gasteiger partial charge in [-0.25, -0.2) is 14.8 Å². The number of aromatic nitrogens is 2. The summed E-state index contributed by atoms with van der Waals surface area (Å²) in [6.07, 6.45) is 4.80. The summed E-state index contributed by atoms with van der Waals surface area (Å²) < 4.78 is 0. The van der Waals surface area contributed by atoms with Crippen molar-refractivity contribution in [1.29, 1.82) is 0 Å². The van der Waals surface area contributed by atoms with Crippen molar-refractivity contribution in [1.82, 2.24) is 15.3 Å². The van der Waals surface area contributed by atoms with Gasteiger partial charge in [0.15, 0.2) is 5.82 Å². The molecule has 3 rings (SSSR count). The monoisotopic (exact) mass is 419 g/mol. The number of carbonyl (C=O) groups excluding carboxylic acids is 1. The predicted octanol–water partition coefficient (Wildman–Crippen LogP) is 3.08. The topological polar surface area (TPSA) is 108 Å². The Morgan fingerprint density at radius 3 is 2.61 bits per heavy atom. The summed E-state index contributed by atoms with van der Waals surface area (Å²) in [5.74, 6) is -0.833. The normalized spacial score (nSPS) is 16.3. The summed E-state index contributed by atoms with van der Waals surface area (Å²) in [7, 11) is 0. The zero-order valence-electron chi connectivity index (χ0n) is 14.6. The number of amidine groups is 1. The molecule has 0 saturated heterocycles. The van der Waals surface area contributed by atoms with E-state index in [9.17, 15) is 9.59 Å². The van der Waals surface area contributed by atoms with Crippen LogP contribution in [-0.4, -0.2) is 39.3 Å². The van der Waals surface area contributed by atoms with E-state index in [-0.39, 0.29) is 17.3 Å². The quantitative estimate of drug-likeness (QED) is 0.737. The van der Waals surface area contributed by atoms with Crippen molar-refractivity contribution in [3.05, 3.63) is 58.1 Å². The Morgan fingerprint density at radius 1 is 1.25 bits per heavy atom. The molecule has 0 bridgehead atoms. The van der Waals surface area contributed by atoms with Crippen molar-refractivity contribution < 1.29 is 14.7 Å². The molecule has 144 valence electrons. The molecule has 1 atom stereocenters. The van der Waals surface area contributed by atoms with Gasteiger partial charge in [-0.1, -0.05) is 30.1 Å². The lowest BCUT2D eigenvalue weighted by atomic mass is 10.1. The van der Waals surface area contributed by atoms with Crippen LogP contribution >= 0.6 is 23.2 Å². The maximum atomic E-state index is 12.4. The number of carboxylic acids is 1. The first-order chi connectivity index (χ1) is 13.3. The van der Waals surface area contributed by atoms with Crippen molar-refractivity contribution in [3.63, 3.8) is 0 Å². The molecule has 2 aromatic rings. The van der Waals surface area contributed by atoms with Crippen molar-refractivity contribution in [2.75, 3.05) is 11.6 Å². The number of benzene rings is 1. The Bertz CT molecular complexity index is 976. The van der Waals surface area contributed by atoms with E-state index in [4.69, 9.17) is 28.3 Å². The molecule has 10 heteroatoms. The third-order valence-corrected chi connectivity index (χ3v) is 4.63. The summed E-state index contributed by atoms with van der Waals surface area (Å²) in [6.45, 7) is 2.51. The molecular weight excluding hydrogens is 405 g/mol. The van der Waals surface area contributed by atoms with E-state index in [1.54, 1.807) is 23.2 Å². The molecule has 1 aliphatic rings. The first kappa shape index (κ1) is 19.8. The number of anilines is 1. The number of nitrogens with one attached hydrogen (secondary N) is 1. The molecule has 8 nitrogen and oxygen atoms in total. The van der Waals surface area contributed by atoms with Crippen LogP contribution in [0.15, 0.2) is 41.8 Å². The van der Waals surface area contributed by atoms with Gasteiger partial charge in [-0.05, 0) is 24.3 Å². The maximum Gasteiger partial charge on any atom is 0.328 e. The van der Waals surface area contributed by atoms with E-state index >= 15 is 0 Å². The highest BCUT2D eigenvalue weighted by atomic mass is 35.5. The lowest BCUT2D eigenvalue weighted by Crippen LogP contribution is -2.33. The number of amides is 1. The second-order valence-corrected chi connectivity index (χ2v) is 6.84. The number of hydrogen-bond donors (Lipinski definition) is 2. The minimum atomic E-state index is -1.11. The summed E-state index contributed by atoms with van der Waals surface area (Å²) in [4.78, 5) is 30.8. The molecule has 28 heavy (non-hydrogen) atoms. The predicted molar refractivity (Wildman–Crippen MR) is 107 cm³/mol. The van der Waals surface area contributed by atoms with E-state index in [0.29, 0.717) is 22.4 Å². The van der Waals surface area contributed by atoms with Crippen molar-refractivity contribution in [2.45, 2.75) is 6.92 Å². The Labute approximate surface area is 170 Å². The molecular formula is C18H15Cl2N5O3. The second kappa shape index (κ2) is 8.37. The standard InChI is InChI=1S/C18H15Cl2N5O3/c1-10-9-25(12-2-3-13(19)14(20)6-12)24-17(10)23-18(28)11-7-21-15(22-8-11)4-5-16(26)27/h2-8,10H,9H2,1H3,(H,26,27)(H,23,24,28)/b5-4+. The molecule has 2 N–H and O–H groups in total. The van der Waals surface area contributed by atoms with Crippen LogP contribution < -0.4 is 10.3 Å². The van der Waals surface area contributed by atoms with E-state index in [1.165, 1.54) is 18.5 Å².